The summed E-state index contributed by atoms with van der Waals surface area (Å²) in [7, 11) is 2.05. The lowest BCUT2D eigenvalue weighted by Gasteiger charge is -2.23. The van der Waals surface area contributed by atoms with Gasteiger partial charge in [-0.3, -0.25) is 4.90 Å². The molecular weight excluding hydrogens is 308 g/mol. The first-order chi connectivity index (χ1) is 11.0. The minimum Gasteiger partial charge on any atom is -0.423 e. The average Bonchev–Trinajstić information content (AvgIpc) is 3.02. The number of thiazole rings is 1. The standard InChI is InChI=1S/C18H20N2O2S/c1-11-7-15-14(9-17(21)22-16(15)8-12(11)2)10-20(4)13(3)18-19-5-6-23-18/h5-9,13H,10H2,1-4H3/t13-/m0/s1. The van der Waals surface area contributed by atoms with Gasteiger partial charge < -0.3 is 4.42 Å². The van der Waals surface area contributed by atoms with Gasteiger partial charge in [0.15, 0.2) is 0 Å². The molecule has 3 aromatic rings. The first-order valence-corrected chi connectivity index (χ1v) is 8.47. The monoisotopic (exact) mass is 328 g/mol. The smallest absolute Gasteiger partial charge is 0.336 e. The van der Waals surface area contributed by atoms with Gasteiger partial charge in [0.05, 0.1) is 6.04 Å². The van der Waals surface area contributed by atoms with Crippen LogP contribution in [0.25, 0.3) is 11.0 Å². The predicted octanol–water partition coefficient (Wildman–Crippen LogP) is 4.06. The molecular formula is C18H20N2O2S. The highest BCUT2D eigenvalue weighted by Gasteiger charge is 2.16. The number of hydrogen-bond donors (Lipinski definition) is 0. The van der Waals surface area contributed by atoms with E-state index < -0.39 is 0 Å². The molecule has 0 unspecified atom stereocenters. The molecule has 0 radical (unpaired) electrons. The zero-order valence-corrected chi connectivity index (χ0v) is 14.6. The second-order valence-electron chi connectivity index (χ2n) is 5.98. The van der Waals surface area contributed by atoms with Crippen molar-refractivity contribution in [3.63, 3.8) is 0 Å². The van der Waals surface area contributed by atoms with Gasteiger partial charge in [0.2, 0.25) is 0 Å². The normalized spacial score (nSPS) is 12.9. The average molecular weight is 328 g/mol. The number of aryl methyl sites for hydroxylation is 2. The van der Waals surface area contributed by atoms with Gasteiger partial charge in [-0.2, -0.15) is 0 Å². The quantitative estimate of drug-likeness (QED) is 0.678. The SMILES string of the molecule is Cc1cc2oc(=O)cc(CN(C)[C@@H](C)c3nccs3)c2cc1C. The molecule has 0 aliphatic heterocycles. The van der Waals surface area contributed by atoms with Crippen LogP contribution in [0.15, 0.2) is 39.0 Å². The molecule has 4 nitrogen and oxygen atoms in total. The lowest BCUT2D eigenvalue weighted by Crippen LogP contribution is -2.22. The largest absolute Gasteiger partial charge is 0.423 e. The molecule has 0 saturated carbocycles. The Morgan fingerprint density at radius 1 is 1.26 bits per heavy atom. The van der Waals surface area contributed by atoms with Crippen LogP contribution in [0.2, 0.25) is 0 Å². The Hall–Kier alpha value is -1.98. The van der Waals surface area contributed by atoms with Gasteiger partial charge in [-0.15, -0.1) is 11.3 Å². The number of aromatic nitrogens is 1. The van der Waals surface area contributed by atoms with Gasteiger partial charge in [0, 0.05) is 29.6 Å². The fourth-order valence-corrected chi connectivity index (χ4v) is 3.41. The van der Waals surface area contributed by atoms with E-state index in [0.717, 1.165) is 21.5 Å². The molecule has 0 aliphatic carbocycles. The zero-order chi connectivity index (χ0) is 16.6. The summed E-state index contributed by atoms with van der Waals surface area (Å²) in [6.07, 6.45) is 1.82. The van der Waals surface area contributed by atoms with Gasteiger partial charge in [0.1, 0.15) is 10.6 Å². The highest BCUT2D eigenvalue weighted by atomic mass is 32.1. The maximum atomic E-state index is 11.9. The van der Waals surface area contributed by atoms with E-state index in [9.17, 15) is 4.79 Å². The van der Waals surface area contributed by atoms with Crippen molar-refractivity contribution >= 4 is 22.3 Å². The van der Waals surface area contributed by atoms with Gasteiger partial charge in [-0.1, -0.05) is 0 Å². The van der Waals surface area contributed by atoms with Crippen LogP contribution in [0.1, 0.15) is 34.7 Å². The highest BCUT2D eigenvalue weighted by Crippen LogP contribution is 2.26. The fourth-order valence-electron chi connectivity index (χ4n) is 2.65. The van der Waals surface area contributed by atoms with E-state index in [-0.39, 0.29) is 11.7 Å². The predicted molar refractivity (Wildman–Crippen MR) is 94.0 cm³/mol. The Kier molecular flexibility index (Phi) is 4.33. The Balaban J connectivity index is 1.99. The van der Waals surface area contributed by atoms with Crippen molar-refractivity contribution in [3.8, 4) is 0 Å². The van der Waals surface area contributed by atoms with E-state index in [2.05, 4.69) is 29.8 Å². The summed E-state index contributed by atoms with van der Waals surface area (Å²) < 4.78 is 5.37. The first kappa shape index (κ1) is 15.9. The molecule has 1 aromatic carbocycles. The number of fused-ring (bicyclic) bond motifs is 1. The second kappa shape index (κ2) is 6.26. The van der Waals surface area contributed by atoms with Gasteiger partial charge >= 0.3 is 5.63 Å². The van der Waals surface area contributed by atoms with Crippen molar-refractivity contribution in [2.45, 2.75) is 33.4 Å². The van der Waals surface area contributed by atoms with Crippen LogP contribution in [-0.4, -0.2) is 16.9 Å². The van der Waals surface area contributed by atoms with E-state index in [1.807, 2.05) is 31.6 Å². The molecule has 0 bridgehead atoms. The van der Waals surface area contributed by atoms with Crippen LogP contribution >= 0.6 is 11.3 Å². The molecule has 3 rings (SSSR count). The van der Waals surface area contributed by atoms with Crippen LogP contribution in [0, 0.1) is 13.8 Å². The van der Waals surface area contributed by atoms with Crippen LogP contribution in [0.4, 0.5) is 0 Å². The summed E-state index contributed by atoms with van der Waals surface area (Å²) in [4.78, 5) is 18.5. The van der Waals surface area contributed by atoms with Crippen LogP contribution in [-0.2, 0) is 6.54 Å². The summed E-state index contributed by atoms with van der Waals surface area (Å²) in [5.41, 5.74) is 3.67. The van der Waals surface area contributed by atoms with Gasteiger partial charge in [-0.05, 0) is 56.6 Å². The first-order valence-electron chi connectivity index (χ1n) is 7.59. The number of rotatable bonds is 4. The zero-order valence-electron chi connectivity index (χ0n) is 13.8. The van der Waals surface area contributed by atoms with Crippen molar-refractivity contribution in [1.82, 2.24) is 9.88 Å². The lowest BCUT2D eigenvalue weighted by atomic mass is 10.0. The molecule has 23 heavy (non-hydrogen) atoms. The van der Waals surface area contributed by atoms with Gasteiger partial charge in [-0.25, -0.2) is 9.78 Å². The summed E-state index contributed by atoms with van der Waals surface area (Å²) in [5.74, 6) is 0. The number of benzene rings is 1. The van der Waals surface area contributed by atoms with Gasteiger partial charge in [0.25, 0.3) is 0 Å². The van der Waals surface area contributed by atoms with Crippen molar-refractivity contribution in [2.75, 3.05) is 7.05 Å². The molecule has 0 spiro atoms. The van der Waals surface area contributed by atoms with E-state index in [1.54, 1.807) is 17.4 Å². The molecule has 0 amide bonds. The van der Waals surface area contributed by atoms with Crippen LogP contribution in [0.3, 0.4) is 0 Å². The second-order valence-corrected chi connectivity index (χ2v) is 6.91. The maximum absolute atomic E-state index is 11.9. The summed E-state index contributed by atoms with van der Waals surface area (Å²) in [5, 5.41) is 4.07. The molecule has 0 N–H and O–H groups in total. The molecule has 0 fully saturated rings. The molecule has 0 aliphatic rings. The minimum absolute atomic E-state index is 0.198. The van der Waals surface area contributed by atoms with Crippen LogP contribution < -0.4 is 5.63 Å². The topological polar surface area (TPSA) is 46.3 Å². The van der Waals surface area contributed by atoms with Crippen LogP contribution in [0.5, 0.6) is 0 Å². The van der Waals surface area contributed by atoms with E-state index in [0.29, 0.717) is 12.1 Å². The Morgan fingerprint density at radius 2 is 2.00 bits per heavy atom. The lowest BCUT2D eigenvalue weighted by molar-refractivity contribution is 0.253. The minimum atomic E-state index is -0.300. The molecule has 2 aromatic heterocycles. The maximum Gasteiger partial charge on any atom is 0.336 e. The summed E-state index contributed by atoms with van der Waals surface area (Å²) in [6.45, 7) is 6.90. The molecule has 120 valence electrons. The number of hydrogen-bond acceptors (Lipinski definition) is 5. The molecule has 1 atom stereocenters. The van der Waals surface area contributed by atoms with E-state index in [4.69, 9.17) is 4.42 Å². The Morgan fingerprint density at radius 3 is 2.70 bits per heavy atom. The third kappa shape index (κ3) is 3.21. The third-order valence-electron chi connectivity index (χ3n) is 4.33. The fraction of sp³-hybridized carbons (Fsp3) is 0.333. The summed E-state index contributed by atoms with van der Waals surface area (Å²) >= 11 is 1.65. The Labute approximate surface area is 139 Å². The van der Waals surface area contributed by atoms with Crippen molar-refractivity contribution in [1.29, 1.82) is 0 Å². The third-order valence-corrected chi connectivity index (χ3v) is 5.28. The Bertz CT molecular complexity index is 884. The molecule has 2 heterocycles. The molecule has 0 saturated heterocycles. The summed E-state index contributed by atoms with van der Waals surface area (Å²) in [6, 6.07) is 5.84. The van der Waals surface area contributed by atoms with E-state index in [1.165, 1.54) is 5.56 Å². The number of nitrogens with zero attached hydrogens (tertiary/aromatic N) is 2. The van der Waals surface area contributed by atoms with Crippen molar-refractivity contribution in [3.05, 3.63) is 61.9 Å². The van der Waals surface area contributed by atoms with Crippen molar-refractivity contribution in [2.24, 2.45) is 0 Å². The van der Waals surface area contributed by atoms with E-state index >= 15 is 0 Å². The highest BCUT2D eigenvalue weighted by molar-refractivity contribution is 7.09. The molecule has 5 heteroatoms. The van der Waals surface area contributed by atoms with Crippen molar-refractivity contribution < 1.29 is 4.42 Å².